The molecule has 0 radical (unpaired) electrons. The highest BCUT2D eigenvalue weighted by Gasteiger charge is 2.61. The van der Waals surface area contributed by atoms with Crippen LogP contribution in [-0.4, -0.2) is 23.6 Å². The molecule has 7 heteroatoms. The predicted octanol–water partition coefficient (Wildman–Crippen LogP) is 3.79. The number of rotatable bonds is 2. The number of fused-ring (bicyclic) bond motifs is 6. The molecule has 3 fully saturated rings. The Bertz CT molecular complexity index is 1130. The second kappa shape index (κ2) is 6.11. The average molecular weight is 465 g/mol. The molecule has 30 heavy (non-hydrogen) atoms. The van der Waals surface area contributed by atoms with Gasteiger partial charge in [-0.25, -0.2) is 4.90 Å². The fraction of sp³-hybridized carbons (Fsp3) is 0.304. The molecule has 1 saturated heterocycles. The lowest BCUT2D eigenvalue weighted by molar-refractivity contribution is -0.123. The van der Waals surface area contributed by atoms with Gasteiger partial charge in [-0.15, -0.1) is 0 Å². The van der Waals surface area contributed by atoms with E-state index in [-0.39, 0.29) is 35.5 Å². The fourth-order valence-electron chi connectivity index (χ4n) is 5.86. The first kappa shape index (κ1) is 18.0. The van der Waals surface area contributed by atoms with Crippen molar-refractivity contribution in [2.45, 2.75) is 19.3 Å². The highest BCUT2D eigenvalue weighted by molar-refractivity contribution is 9.10. The lowest BCUT2D eigenvalue weighted by Crippen LogP contribution is -2.33. The molecule has 2 heterocycles. The maximum atomic E-state index is 13.0. The zero-order chi connectivity index (χ0) is 20.7. The smallest absolute Gasteiger partial charge is 0.266 e. The van der Waals surface area contributed by atoms with Gasteiger partial charge in [-0.1, -0.05) is 15.9 Å². The number of benzene rings is 2. The Morgan fingerprint density at radius 1 is 0.700 bits per heavy atom. The van der Waals surface area contributed by atoms with Crippen molar-refractivity contribution < 1.29 is 19.2 Å². The van der Waals surface area contributed by atoms with Crippen LogP contribution in [0.3, 0.4) is 0 Å². The van der Waals surface area contributed by atoms with Gasteiger partial charge >= 0.3 is 0 Å². The van der Waals surface area contributed by atoms with Crippen LogP contribution >= 0.6 is 15.9 Å². The Hall–Kier alpha value is -2.80. The first-order chi connectivity index (χ1) is 14.5. The minimum Gasteiger partial charge on any atom is -0.274 e. The summed E-state index contributed by atoms with van der Waals surface area (Å²) in [6, 6.07) is 11.5. The summed E-state index contributed by atoms with van der Waals surface area (Å²) >= 11 is 3.33. The van der Waals surface area contributed by atoms with Crippen LogP contribution < -0.4 is 9.80 Å². The molecule has 4 unspecified atom stereocenters. The molecule has 6 nitrogen and oxygen atoms in total. The summed E-state index contributed by atoms with van der Waals surface area (Å²) in [7, 11) is 0. The van der Waals surface area contributed by atoms with E-state index >= 15 is 0 Å². The summed E-state index contributed by atoms with van der Waals surface area (Å²) in [4.78, 5) is 54.0. The third-order valence-electron chi connectivity index (χ3n) is 7.14. The molecule has 0 N–H and O–H groups in total. The van der Waals surface area contributed by atoms with Gasteiger partial charge in [0.15, 0.2) is 0 Å². The van der Waals surface area contributed by atoms with Gasteiger partial charge in [0.2, 0.25) is 11.8 Å². The Morgan fingerprint density at radius 2 is 1.23 bits per heavy atom. The predicted molar refractivity (Wildman–Crippen MR) is 112 cm³/mol. The first-order valence-corrected chi connectivity index (χ1v) is 10.9. The van der Waals surface area contributed by atoms with E-state index in [1.54, 1.807) is 42.5 Å². The molecule has 2 aromatic rings. The van der Waals surface area contributed by atoms with Gasteiger partial charge in [-0.3, -0.25) is 24.1 Å². The number of carbonyl (C=O) groups is 4. The van der Waals surface area contributed by atoms with Gasteiger partial charge < -0.3 is 0 Å². The van der Waals surface area contributed by atoms with Gasteiger partial charge in [-0.05, 0) is 73.6 Å². The van der Waals surface area contributed by atoms with Crippen molar-refractivity contribution in [3.63, 3.8) is 0 Å². The average Bonchev–Trinajstić information content (AvgIpc) is 3.46. The Kier molecular flexibility index (Phi) is 3.67. The molecule has 4 amide bonds. The number of nitrogens with zero attached hydrogens (tertiary/aromatic N) is 2. The van der Waals surface area contributed by atoms with Crippen molar-refractivity contribution in [3.8, 4) is 0 Å². The topological polar surface area (TPSA) is 74.8 Å². The molecule has 0 spiro atoms. The number of halogens is 1. The van der Waals surface area contributed by atoms with Crippen LogP contribution in [0.4, 0.5) is 11.4 Å². The van der Waals surface area contributed by atoms with Crippen molar-refractivity contribution in [3.05, 3.63) is 58.1 Å². The third-order valence-corrected chi connectivity index (χ3v) is 7.64. The van der Waals surface area contributed by atoms with E-state index in [4.69, 9.17) is 0 Å². The van der Waals surface area contributed by atoms with Crippen LogP contribution in [0.2, 0.25) is 0 Å². The van der Waals surface area contributed by atoms with Crippen LogP contribution in [0.1, 0.15) is 40.0 Å². The molecule has 2 aromatic carbocycles. The van der Waals surface area contributed by atoms with Crippen molar-refractivity contribution in [2.75, 3.05) is 9.80 Å². The molecular weight excluding hydrogens is 448 g/mol. The second-order valence-corrected chi connectivity index (χ2v) is 9.46. The van der Waals surface area contributed by atoms with Crippen LogP contribution in [0.15, 0.2) is 46.9 Å². The number of anilines is 2. The first-order valence-electron chi connectivity index (χ1n) is 10.1. The molecule has 4 atom stereocenters. The van der Waals surface area contributed by atoms with Gasteiger partial charge in [0, 0.05) is 4.47 Å². The highest BCUT2D eigenvalue weighted by atomic mass is 79.9. The second-order valence-electron chi connectivity index (χ2n) is 8.55. The van der Waals surface area contributed by atoms with E-state index in [1.165, 1.54) is 4.90 Å². The molecule has 6 rings (SSSR count). The van der Waals surface area contributed by atoms with E-state index in [0.29, 0.717) is 34.3 Å². The van der Waals surface area contributed by atoms with Gasteiger partial charge in [-0.2, -0.15) is 0 Å². The number of hydrogen-bond donors (Lipinski definition) is 0. The minimum absolute atomic E-state index is 0.101. The van der Waals surface area contributed by atoms with Gasteiger partial charge in [0.1, 0.15) is 0 Å². The van der Waals surface area contributed by atoms with E-state index in [9.17, 15) is 19.2 Å². The summed E-state index contributed by atoms with van der Waals surface area (Å²) < 4.78 is 0.727. The zero-order valence-corrected chi connectivity index (χ0v) is 17.5. The monoisotopic (exact) mass is 464 g/mol. The normalized spacial score (nSPS) is 29.2. The third kappa shape index (κ3) is 2.24. The number of amides is 4. The number of imide groups is 2. The zero-order valence-electron chi connectivity index (χ0n) is 15.9. The largest absolute Gasteiger partial charge is 0.274 e. The Labute approximate surface area is 181 Å². The minimum atomic E-state index is -0.386. The summed E-state index contributed by atoms with van der Waals surface area (Å²) in [6.45, 7) is 0. The van der Waals surface area contributed by atoms with Crippen LogP contribution in [-0.2, 0) is 9.59 Å². The highest BCUT2D eigenvalue weighted by Crippen LogP contribution is 2.56. The number of hydrogen-bond acceptors (Lipinski definition) is 4. The van der Waals surface area contributed by atoms with E-state index in [2.05, 4.69) is 15.9 Å². The van der Waals surface area contributed by atoms with Gasteiger partial charge in [0.05, 0.1) is 34.3 Å². The molecule has 150 valence electrons. The van der Waals surface area contributed by atoms with Crippen LogP contribution in [0.25, 0.3) is 0 Å². The van der Waals surface area contributed by atoms with Crippen LogP contribution in [0, 0.1) is 23.7 Å². The Morgan fingerprint density at radius 3 is 1.83 bits per heavy atom. The van der Waals surface area contributed by atoms with E-state index in [1.807, 2.05) is 0 Å². The van der Waals surface area contributed by atoms with Crippen molar-refractivity contribution >= 4 is 50.9 Å². The Balaban J connectivity index is 1.31. The van der Waals surface area contributed by atoms with E-state index in [0.717, 1.165) is 28.6 Å². The maximum Gasteiger partial charge on any atom is 0.266 e. The molecule has 2 saturated carbocycles. The van der Waals surface area contributed by atoms with Crippen molar-refractivity contribution in [2.24, 2.45) is 23.7 Å². The molecular formula is C23H17BrN2O4. The standard InChI is InChI=1S/C23H17BrN2O4/c24-13-3-8-16-17(10-13)21(28)25(20(16)27)14-4-6-15(7-5-14)26-22(29)18-11-1-2-12(9-11)19(18)23(26)30/h3-8,10-12,18-19H,1-2,9H2. The quantitative estimate of drug-likeness (QED) is 0.633. The lowest BCUT2D eigenvalue weighted by atomic mass is 9.81. The summed E-state index contributed by atoms with van der Waals surface area (Å²) in [6.07, 6.45) is 3.07. The summed E-state index contributed by atoms with van der Waals surface area (Å²) in [5, 5.41) is 0. The van der Waals surface area contributed by atoms with Gasteiger partial charge in [0.25, 0.3) is 11.8 Å². The molecule has 4 aliphatic rings. The summed E-state index contributed by atoms with van der Waals surface area (Å²) in [5.74, 6) is -0.655. The lowest BCUT2D eigenvalue weighted by Gasteiger charge is -2.19. The maximum absolute atomic E-state index is 13.0. The SMILES string of the molecule is O=C1c2ccc(Br)cc2C(=O)N1c1ccc(N2C(=O)C3C4CCC(C4)C3C2=O)cc1. The van der Waals surface area contributed by atoms with Crippen molar-refractivity contribution in [1.82, 2.24) is 0 Å². The molecule has 2 aliphatic carbocycles. The summed E-state index contributed by atoms with van der Waals surface area (Å²) in [5.41, 5.74) is 1.63. The molecule has 0 aromatic heterocycles. The number of carbonyl (C=O) groups excluding carboxylic acids is 4. The fourth-order valence-corrected chi connectivity index (χ4v) is 6.22. The molecule has 2 aliphatic heterocycles. The van der Waals surface area contributed by atoms with E-state index < -0.39 is 0 Å². The van der Waals surface area contributed by atoms with Crippen LogP contribution in [0.5, 0.6) is 0 Å². The molecule has 2 bridgehead atoms. The van der Waals surface area contributed by atoms with Crippen molar-refractivity contribution in [1.29, 1.82) is 0 Å².